The van der Waals surface area contributed by atoms with Crippen LogP contribution in [0.5, 0.6) is 11.5 Å². The maximum absolute atomic E-state index is 11.9. The average Bonchev–Trinajstić information content (AvgIpc) is 3.00. The van der Waals surface area contributed by atoms with Gasteiger partial charge in [0.15, 0.2) is 6.10 Å². The summed E-state index contributed by atoms with van der Waals surface area (Å²) in [5.74, 6) is 0.996. The lowest BCUT2D eigenvalue weighted by Gasteiger charge is -2.10. The van der Waals surface area contributed by atoms with Crippen molar-refractivity contribution in [1.29, 1.82) is 0 Å². The van der Waals surface area contributed by atoms with Crippen LogP contribution in [0, 0.1) is 0 Å². The molecule has 1 atom stereocenters. The molecule has 0 bridgehead atoms. The van der Waals surface area contributed by atoms with Crippen molar-refractivity contribution in [3.8, 4) is 11.5 Å². The largest absolute Gasteiger partial charge is 0.497 e. The highest BCUT2D eigenvalue weighted by Crippen LogP contribution is 2.25. The SMILES string of the molecule is COc1ccc2ccc(OC(=O)C3CCCO3)cc2c1. The summed E-state index contributed by atoms with van der Waals surface area (Å²) in [6.07, 6.45) is 1.23. The molecule has 104 valence electrons. The molecular weight excluding hydrogens is 256 g/mol. The molecule has 20 heavy (non-hydrogen) atoms. The molecule has 0 radical (unpaired) electrons. The molecule has 3 rings (SSSR count). The summed E-state index contributed by atoms with van der Waals surface area (Å²) in [5.41, 5.74) is 0. The lowest BCUT2D eigenvalue weighted by Crippen LogP contribution is -2.24. The summed E-state index contributed by atoms with van der Waals surface area (Å²) in [6, 6.07) is 11.3. The molecule has 4 nitrogen and oxygen atoms in total. The molecule has 0 aromatic heterocycles. The Hall–Kier alpha value is -2.07. The molecule has 0 amide bonds. The van der Waals surface area contributed by atoms with E-state index >= 15 is 0 Å². The number of rotatable bonds is 3. The molecule has 0 saturated carbocycles. The molecule has 1 heterocycles. The predicted molar refractivity (Wildman–Crippen MR) is 75.1 cm³/mol. The zero-order valence-corrected chi connectivity index (χ0v) is 11.3. The minimum atomic E-state index is -0.420. The average molecular weight is 272 g/mol. The molecule has 1 saturated heterocycles. The highest BCUT2D eigenvalue weighted by atomic mass is 16.6. The number of hydrogen-bond donors (Lipinski definition) is 0. The van der Waals surface area contributed by atoms with Gasteiger partial charge in [0.05, 0.1) is 7.11 Å². The van der Waals surface area contributed by atoms with E-state index in [1.807, 2.05) is 30.3 Å². The lowest BCUT2D eigenvalue weighted by atomic mass is 10.1. The third-order valence-electron chi connectivity index (χ3n) is 3.43. The van der Waals surface area contributed by atoms with Crippen LogP contribution in [0.15, 0.2) is 36.4 Å². The van der Waals surface area contributed by atoms with Gasteiger partial charge in [0, 0.05) is 6.61 Å². The van der Waals surface area contributed by atoms with E-state index in [0.717, 1.165) is 29.4 Å². The maximum Gasteiger partial charge on any atom is 0.340 e. The Kier molecular flexibility index (Phi) is 3.56. The molecular formula is C16H16O4. The first-order chi connectivity index (χ1) is 9.76. The quantitative estimate of drug-likeness (QED) is 0.636. The molecule has 1 fully saturated rings. The van der Waals surface area contributed by atoms with Gasteiger partial charge in [-0.25, -0.2) is 4.79 Å². The van der Waals surface area contributed by atoms with E-state index in [1.165, 1.54) is 0 Å². The van der Waals surface area contributed by atoms with Crippen LogP contribution in [0.4, 0.5) is 0 Å². The topological polar surface area (TPSA) is 44.8 Å². The van der Waals surface area contributed by atoms with Crippen molar-refractivity contribution in [3.05, 3.63) is 36.4 Å². The third kappa shape index (κ3) is 2.60. The van der Waals surface area contributed by atoms with Crippen molar-refractivity contribution in [2.24, 2.45) is 0 Å². The highest BCUT2D eigenvalue weighted by molar-refractivity contribution is 5.86. The van der Waals surface area contributed by atoms with Crippen molar-refractivity contribution < 1.29 is 19.0 Å². The Morgan fingerprint density at radius 3 is 2.60 bits per heavy atom. The monoisotopic (exact) mass is 272 g/mol. The van der Waals surface area contributed by atoms with E-state index in [9.17, 15) is 4.79 Å². The first kappa shape index (κ1) is 12.9. The fourth-order valence-electron chi connectivity index (χ4n) is 2.34. The fraction of sp³-hybridized carbons (Fsp3) is 0.312. The van der Waals surface area contributed by atoms with Gasteiger partial charge in [-0.05, 0) is 47.9 Å². The molecule has 2 aromatic rings. The first-order valence-electron chi connectivity index (χ1n) is 6.67. The van der Waals surface area contributed by atoms with Crippen molar-refractivity contribution in [3.63, 3.8) is 0 Å². The number of fused-ring (bicyclic) bond motifs is 1. The van der Waals surface area contributed by atoms with Gasteiger partial charge in [-0.1, -0.05) is 12.1 Å². The molecule has 1 unspecified atom stereocenters. The number of esters is 1. The summed E-state index contributed by atoms with van der Waals surface area (Å²) in [6.45, 7) is 0.634. The van der Waals surface area contributed by atoms with E-state index in [-0.39, 0.29) is 5.97 Å². The minimum absolute atomic E-state index is 0.315. The van der Waals surface area contributed by atoms with Crippen molar-refractivity contribution in [2.45, 2.75) is 18.9 Å². The van der Waals surface area contributed by atoms with E-state index < -0.39 is 6.10 Å². The summed E-state index contributed by atoms with van der Waals surface area (Å²) in [5, 5.41) is 2.05. The van der Waals surface area contributed by atoms with E-state index in [4.69, 9.17) is 14.2 Å². The van der Waals surface area contributed by atoms with Gasteiger partial charge in [0.25, 0.3) is 0 Å². The first-order valence-corrected chi connectivity index (χ1v) is 6.67. The van der Waals surface area contributed by atoms with Gasteiger partial charge in [0.1, 0.15) is 11.5 Å². The molecule has 2 aromatic carbocycles. The van der Waals surface area contributed by atoms with Gasteiger partial charge < -0.3 is 14.2 Å². The standard InChI is InChI=1S/C16H16O4/c1-18-13-6-4-11-5-7-14(10-12(11)9-13)20-16(17)15-3-2-8-19-15/h4-7,9-10,15H,2-3,8H2,1H3. The number of hydrogen-bond acceptors (Lipinski definition) is 4. The van der Waals surface area contributed by atoms with Crippen molar-refractivity contribution in [2.75, 3.05) is 13.7 Å². The Bertz CT molecular complexity index is 629. The van der Waals surface area contributed by atoms with Crippen LogP contribution in [0.2, 0.25) is 0 Å². The molecule has 4 heteroatoms. The number of carbonyl (C=O) groups is 1. The van der Waals surface area contributed by atoms with Gasteiger partial charge >= 0.3 is 5.97 Å². The molecule has 1 aliphatic heterocycles. The third-order valence-corrected chi connectivity index (χ3v) is 3.43. The van der Waals surface area contributed by atoms with Crippen molar-refractivity contribution in [1.82, 2.24) is 0 Å². The number of methoxy groups -OCH3 is 1. The number of carbonyl (C=O) groups excluding carboxylic acids is 1. The predicted octanol–water partition coefficient (Wildman–Crippen LogP) is 2.93. The molecule has 0 spiro atoms. The van der Waals surface area contributed by atoms with Gasteiger partial charge in [0.2, 0.25) is 0 Å². The zero-order valence-electron chi connectivity index (χ0n) is 11.3. The van der Waals surface area contributed by atoms with Crippen LogP contribution in [-0.2, 0) is 9.53 Å². The lowest BCUT2D eigenvalue weighted by molar-refractivity contribution is -0.144. The van der Waals surface area contributed by atoms with Gasteiger partial charge in [-0.15, -0.1) is 0 Å². The summed E-state index contributed by atoms with van der Waals surface area (Å²) in [7, 11) is 1.63. The summed E-state index contributed by atoms with van der Waals surface area (Å²) in [4.78, 5) is 11.9. The van der Waals surface area contributed by atoms with Crippen LogP contribution in [-0.4, -0.2) is 25.8 Å². The van der Waals surface area contributed by atoms with Gasteiger partial charge in [-0.3, -0.25) is 0 Å². The number of ether oxygens (including phenoxy) is 3. The Morgan fingerprint density at radius 1 is 1.15 bits per heavy atom. The van der Waals surface area contributed by atoms with E-state index in [2.05, 4.69) is 0 Å². The van der Waals surface area contributed by atoms with Crippen LogP contribution >= 0.6 is 0 Å². The normalized spacial score (nSPS) is 18.1. The van der Waals surface area contributed by atoms with Gasteiger partial charge in [-0.2, -0.15) is 0 Å². The Morgan fingerprint density at radius 2 is 1.90 bits per heavy atom. The second-order valence-electron chi connectivity index (χ2n) is 4.80. The zero-order chi connectivity index (χ0) is 13.9. The Labute approximate surface area is 117 Å². The Balaban J connectivity index is 1.82. The molecule has 0 N–H and O–H groups in total. The maximum atomic E-state index is 11.9. The smallest absolute Gasteiger partial charge is 0.340 e. The molecule has 0 aliphatic carbocycles. The fourth-order valence-corrected chi connectivity index (χ4v) is 2.34. The second kappa shape index (κ2) is 5.51. The highest BCUT2D eigenvalue weighted by Gasteiger charge is 2.25. The van der Waals surface area contributed by atoms with Crippen LogP contribution in [0.3, 0.4) is 0 Å². The van der Waals surface area contributed by atoms with E-state index in [1.54, 1.807) is 13.2 Å². The van der Waals surface area contributed by atoms with Crippen LogP contribution in [0.25, 0.3) is 10.8 Å². The molecule has 1 aliphatic rings. The number of benzene rings is 2. The summed E-state index contributed by atoms with van der Waals surface area (Å²) < 4.78 is 15.9. The summed E-state index contributed by atoms with van der Waals surface area (Å²) >= 11 is 0. The van der Waals surface area contributed by atoms with Crippen LogP contribution < -0.4 is 9.47 Å². The van der Waals surface area contributed by atoms with Crippen molar-refractivity contribution >= 4 is 16.7 Å². The second-order valence-corrected chi connectivity index (χ2v) is 4.80. The van der Waals surface area contributed by atoms with Crippen LogP contribution in [0.1, 0.15) is 12.8 Å². The van der Waals surface area contributed by atoms with E-state index in [0.29, 0.717) is 12.4 Å². The minimum Gasteiger partial charge on any atom is -0.497 e.